The Morgan fingerprint density at radius 2 is 2.25 bits per heavy atom. The summed E-state index contributed by atoms with van der Waals surface area (Å²) >= 11 is 0. The number of aromatic amines is 2. The number of nitrogen functional groups attached to an aromatic ring is 1. The summed E-state index contributed by atoms with van der Waals surface area (Å²) in [6, 6.07) is 1.31. The molecule has 12 heavy (non-hydrogen) atoms. The summed E-state index contributed by atoms with van der Waals surface area (Å²) in [5.41, 5.74) is 5.25. The highest BCUT2D eigenvalue weighted by Crippen LogP contribution is 2.14. The highest BCUT2D eigenvalue weighted by atomic mass is 19.1. The first-order chi connectivity index (χ1) is 5.68. The van der Waals surface area contributed by atoms with Gasteiger partial charge in [-0.3, -0.25) is 4.79 Å². The predicted octanol–water partition coefficient (Wildman–Crippen LogP) is 0.578. The first-order valence-corrected chi connectivity index (χ1v) is 3.34. The molecule has 0 amide bonds. The van der Waals surface area contributed by atoms with Crippen molar-refractivity contribution in [1.82, 2.24) is 9.97 Å². The highest BCUT2D eigenvalue weighted by Gasteiger charge is 2.04. The van der Waals surface area contributed by atoms with Crippen molar-refractivity contribution in [3.05, 3.63) is 28.4 Å². The van der Waals surface area contributed by atoms with E-state index in [2.05, 4.69) is 9.97 Å². The van der Waals surface area contributed by atoms with E-state index in [1.165, 1.54) is 12.3 Å². The lowest BCUT2D eigenvalue weighted by molar-refractivity contribution is 0.639. The van der Waals surface area contributed by atoms with E-state index in [1.807, 2.05) is 0 Å². The van der Waals surface area contributed by atoms with Crippen LogP contribution in [0.3, 0.4) is 0 Å². The van der Waals surface area contributed by atoms with E-state index in [4.69, 9.17) is 5.73 Å². The molecule has 2 heterocycles. The third-order valence-electron chi connectivity index (χ3n) is 1.67. The molecular weight excluding hydrogens is 161 g/mol. The van der Waals surface area contributed by atoms with E-state index in [9.17, 15) is 9.18 Å². The summed E-state index contributed by atoms with van der Waals surface area (Å²) in [5.74, 6) is -0.423. The van der Waals surface area contributed by atoms with Crippen molar-refractivity contribution in [2.75, 3.05) is 5.73 Å². The van der Waals surface area contributed by atoms with Crippen molar-refractivity contribution >= 4 is 16.7 Å². The Morgan fingerprint density at radius 1 is 1.50 bits per heavy atom. The Hall–Kier alpha value is -1.78. The van der Waals surface area contributed by atoms with Crippen LogP contribution in [-0.2, 0) is 0 Å². The molecule has 0 unspecified atom stereocenters. The molecule has 4 nitrogen and oxygen atoms in total. The van der Waals surface area contributed by atoms with Crippen LogP contribution in [0.15, 0.2) is 17.1 Å². The van der Waals surface area contributed by atoms with Crippen molar-refractivity contribution in [1.29, 1.82) is 0 Å². The van der Waals surface area contributed by atoms with Gasteiger partial charge in [0.2, 0.25) is 0 Å². The fraction of sp³-hybridized carbons (Fsp3) is 0. The lowest BCUT2D eigenvalue weighted by Crippen LogP contribution is -2.10. The quantitative estimate of drug-likeness (QED) is 0.536. The minimum Gasteiger partial charge on any atom is -0.394 e. The topological polar surface area (TPSA) is 74.7 Å². The van der Waals surface area contributed by atoms with Gasteiger partial charge in [0.15, 0.2) is 0 Å². The fourth-order valence-electron chi connectivity index (χ4n) is 1.06. The van der Waals surface area contributed by atoms with E-state index in [0.717, 1.165) is 0 Å². The normalized spacial score (nSPS) is 10.8. The van der Waals surface area contributed by atoms with Gasteiger partial charge in [0.1, 0.15) is 11.5 Å². The van der Waals surface area contributed by atoms with Gasteiger partial charge in [-0.1, -0.05) is 0 Å². The molecule has 2 aromatic heterocycles. The fourth-order valence-corrected chi connectivity index (χ4v) is 1.06. The summed E-state index contributed by atoms with van der Waals surface area (Å²) < 4.78 is 12.8. The average molecular weight is 167 g/mol. The van der Waals surface area contributed by atoms with Gasteiger partial charge in [-0.05, 0) is 6.07 Å². The molecule has 0 radical (unpaired) electrons. The number of anilines is 1. The van der Waals surface area contributed by atoms with Gasteiger partial charge in [-0.25, -0.2) is 4.39 Å². The molecule has 0 fully saturated rings. The summed E-state index contributed by atoms with van der Waals surface area (Å²) in [5, 5.41) is 0.298. The molecule has 0 aliphatic rings. The van der Waals surface area contributed by atoms with Crippen molar-refractivity contribution in [3.8, 4) is 0 Å². The van der Waals surface area contributed by atoms with Crippen molar-refractivity contribution < 1.29 is 4.39 Å². The molecule has 0 saturated carbocycles. The zero-order valence-electron chi connectivity index (χ0n) is 6.02. The van der Waals surface area contributed by atoms with Gasteiger partial charge in [0, 0.05) is 6.20 Å². The van der Waals surface area contributed by atoms with Crippen LogP contribution in [-0.4, -0.2) is 9.97 Å². The number of hydrogen-bond acceptors (Lipinski definition) is 2. The van der Waals surface area contributed by atoms with Crippen LogP contribution in [0.5, 0.6) is 0 Å². The van der Waals surface area contributed by atoms with Gasteiger partial charge in [-0.2, -0.15) is 0 Å². The molecule has 0 spiro atoms. The smallest absolute Gasteiger partial charge is 0.272 e. The maximum Gasteiger partial charge on any atom is 0.272 e. The van der Waals surface area contributed by atoms with Crippen molar-refractivity contribution in [3.63, 3.8) is 0 Å². The van der Waals surface area contributed by atoms with Gasteiger partial charge < -0.3 is 15.7 Å². The number of rotatable bonds is 0. The van der Waals surface area contributed by atoms with Crippen LogP contribution in [0.4, 0.5) is 10.1 Å². The van der Waals surface area contributed by atoms with Crippen molar-refractivity contribution in [2.45, 2.75) is 0 Å². The number of nitrogens with one attached hydrogen (secondary N) is 2. The van der Waals surface area contributed by atoms with Gasteiger partial charge in [-0.15, -0.1) is 0 Å². The van der Waals surface area contributed by atoms with E-state index >= 15 is 0 Å². The lowest BCUT2D eigenvalue weighted by atomic mass is 10.3. The number of halogens is 1. The van der Waals surface area contributed by atoms with Gasteiger partial charge >= 0.3 is 0 Å². The Bertz CT molecular complexity index is 485. The average Bonchev–Trinajstić information content (AvgIpc) is 2.35. The van der Waals surface area contributed by atoms with Crippen LogP contribution in [0.2, 0.25) is 0 Å². The van der Waals surface area contributed by atoms with E-state index in [1.54, 1.807) is 0 Å². The Balaban J connectivity index is 2.97. The SMILES string of the molecule is Nc1cc2c(F)c[nH]c2[nH]c1=O. The second-order valence-electron chi connectivity index (χ2n) is 2.48. The minimum absolute atomic E-state index is 0.0148. The van der Waals surface area contributed by atoms with E-state index in [-0.39, 0.29) is 5.69 Å². The third kappa shape index (κ3) is 0.795. The molecule has 62 valence electrons. The minimum atomic E-state index is -0.423. The highest BCUT2D eigenvalue weighted by molar-refractivity contribution is 5.78. The standard InChI is InChI=1S/C7H6FN3O/c8-4-2-10-6-3(4)1-5(9)7(12)11-6/h1-2H,9H2,(H2,10,11,12). The number of fused-ring (bicyclic) bond motifs is 1. The Kier molecular flexibility index (Phi) is 1.21. The monoisotopic (exact) mass is 167 g/mol. The van der Waals surface area contributed by atoms with Crippen LogP contribution in [0, 0.1) is 5.82 Å². The molecule has 4 N–H and O–H groups in total. The van der Waals surface area contributed by atoms with Crippen molar-refractivity contribution in [2.24, 2.45) is 0 Å². The third-order valence-corrected chi connectivity index (χ3v) is 1.67. The maximum absolute atomic E-state index is 12.8. The summed E-state index contributed by atoms with van der Waals surface area (Å²) in [6.07, 6.45) is 1.17. The number of nitrogens with two attached hydrogens (primary N) is 1. The molecule has 0 aliphatic heterocycles. The van der Waals surface area contributed by atoms with Crippen LogP contribution in [0.1, 0.15) is 0 Å². The largest absolute Gasteiger partial charge is 0.394 e. The first-order valence-electron chi connectivity index (χ1n) is 3.34. The van der Waals surface area contributed by atoms with E-state index < -0.39 is 11.4 Å². The molecule has 0 atom stereocenters. The molecule has 5 heteroatoms. The number of pyridine rings is 1. The molecule has 2 aromatic rings. The van der Waals surface area contributed by atoms with Gasteiger partial charge in [0.25, 0.3) is 5.56 Å². The second-order valence-corrected chi connectivity index (χ2v) is 2.48. The van der Waals surface area contributed by atoms with E-state index in [0.29, 0.717) is 11.0 Å². The summed E-state index contributed by atoms with van der Waals surface area (Å²) in [7, 11) is 0. The Labute approximate surface area is 66.2 Å². The number of hydrogen-bond donors (Lipinski definition) is 3. The molecule has 0 aromatic carbocycles. The molecule has 0 bridgehead atoms. The summed E-state index contributed by atoms with van der Waals surface area (Å²) in [4.78, 5) is 15.9. The van der Waals surface area contributed by atoms with Crippen LogP contribution in [0.25, 0.3) is 11.0 Å². The summed E-state index contributed by atoms with van der Waals surface area (Å²) in [6.45, 7) is 0. The maximum atomic E-state index is 12.8. The molecular formula is C7H6FN3O. The zero-order valence-corrected chi connectivity index (χ0v) is 6.02. The molecule has 0 aliphatic carbocycles. The first kappa shape index (κ1) is 6.90. The lowest BCUT2D eigenvalue weighted by Gasteiger charge is -1.91. The van der Waals surface area contributed by atoms with Gasteiger partial charge in [0.05, 0.1) is 11.1 Å². The van der Waals surface area contributed by atoms with Crippen LogP contribution >= 0.6 is 0 Å². The zero-order chi connectivity index (χ0) is 8.72. The number of H-pyrrole nitrogens is 2. The molecule has 2 rings (SSSR count). The van der Waals surface area contributed by atoms with Crippen LogP contribution < -0.4 is 11.3 Å². The second kappa shape index (κ2) is 2.10. The predicted molar refractivity (Wildman–Crippen MR) is 43.3 cm³/mol. The molecule has 0 saturated heterocycles. The Morgan fingerprint density at radius 3 is 3.00 bits per heavy atom. The number of aromatic nitrogens is 2.